The number of aliphatic hydroxyl groups excluding tert-OH is 5. The molecule has 1 rings (SSSR count). The molecular weight excluding hydrogens is 743 g/mol. The Labute approximate surface area is 361 Å². The van der Waals surface area contributed by atoms with Crippen LogP contribution in [0.2, 0.25) is 0 Å². The molecule has 0 aliphatic carbocycles. The van der Waals surface area contributed by atoms with Gasteiger partial charge >= 0.3 is 0 Å². The van der Waals surface area contributed by atoms with Gasteiger partial charge in [0.05, 0.1) is 25.4 Å². The van der Waals surface area contributed by atoms with Crippen LogP contribution in [0.25, 0.3) is 0 Å². The zero-order chi connectivity index (χ0) is 43.0. The Bertz CT molecular complexity index is 1060. The standard InChI is InChI=1S/C50H91NO8/c1-3-5-7-8-9-10-11-12-13-14-15-16-17-18-19-20-21-22-23-24-25-26-27-28-29-30-31-32-33-34-35-36-38-40-46(54)51-43(44(53)39-37-6-4-2)42-58-50-49(57)48(56)47(55)45(41-52)59-50/h5,7,9-10,12-13,15-16,43-45,47-50,52-53,55-57H,3-4,6,8,11,14,17-42H2,1-2H3,(H,51,54)/b7-5-,10-9-,13-12-,16-15-. The van der Waals surface area contributed by atoms with Gasteiger partial charge in [-0.05, 0) is 51.4 Å². The van der Waals surface area contributed by atoms with Gasteiger partial charge in [0.15, 0.2) is 6.29 Å². The Hall–Kier alpha value is -1.85. The minimum atomic E-state index is -1.55. The third kappa shape index (κ3) is 30.8. The third-order valence-corrected chi connectivity index (χ3v) is 11.4. The molecule has 344 valence electrons. The average Bonchev–Trinajstić information content (AvgIpc) is 3.23. The van der Waals surface area contributed by atoms with E-state index in [0.29, 0.717) is 12.8 Å². The number of unbranched alkanes of at least 4 members (excludes halogenated alkanes) is 22. The van der Waals surface area contributed by atoms with Crippen LogP contribution < -0.4 is 5.32 Å². The smallest absolute Gasteiger partial charge is 0.220 e. The molecule has 0 aromatic rings. The Kier molecular flexibility index (Phi) is 37.6. The van der Waals surface area contributed by atoms with Crippen molar-refractivity contribution in [3.05, 3.63) is 48.6 Å². The van der Waals surface area contributed by atoms with Crippen molar-refractivity contribution in [1.82, 2.24) is 5.32 Å². The maximum atomic E-state index is 12.8. The molecule has 6 N–H and O–H groups in total. The first-order chi connectivity index (χ1) is 28.8. The number of rotatable bonds is 40. The van der Waals surface area contributed by atoms with Crippen LogP contribution >= 0.6 is 0 Å². The molecule has 1 saturated heterocycles. The average molecular weight is 834 g/mol. The quantitative estimate of drug-likeness (QED) is 0.0264. The number of ether oxygens (including phenoxy) is 2. The number of nitrogens with one attached hydrogen (secondary N) is 1. The lowest BCUT2D eigenvalue weighted by Crippen LogP contribution is -2.60. The molecule has 0 aromatic carbocycles. The Balaban J connectivity index is 1.96. The van der Waals surface area contributed by atoms with Gasteiger partial charge in [-0.15, -0.1) is 0 Å². The molecule has 0 saturated carbocycles. The van der Waals surface area contributed by atoms with E-state index in [9.17, 15) is 30.3 Å². The summed E-state index contributed by atoms with van der Waals surface area (Å²) in [6.07, 6.45) is 45.3. The van der Waals surface area contributed by atoms with Crippen molar-refractivity contribution in [3.63, 3.8) is 0 Å². The van der Waals surface area contributed by atoms with Crippen LogP contribution in [0.15, 0.2) is 48.6 Å². The minimum Gasteiger partial charge on any atom is -0.394 e. The molecule has 1 aliphatic heterocycles. The second-order valence-corrected chi connectivity index (χ2v) is 16.9. The number of carbonyl (C=O) groups is 1. The van der Waals surface area contributed by atoms with E-state index in [0.717, 1.165) is 64.2 Å². The van der Waals surface area contributed by atoms with Gasteiger partial charge < -0.3 is 40.3 Å². The number of aliphatic hydroxyl groups is 5. The molecule has 7 unspecified atom stereocenters. The van der Waals surface area contributed by atoms with E-state index >= 15 is 0 Å². The SMILES string of the molecule is CC/C=C\C/C=C\C/C=C\C/C=C\CCCCCCCCCCCCCCCCCCCCCCC(=O)NC(COC1OC(CO)C(O)C(O)C1O)C(O)CCCCC. The fraction of sp³-hybridized carbons (Fsp3) is 0.820. The Morgan fingerprint density at radius 3 is 1.53 bits per heavy atom. The predicted octanol–water partition coefficient (Wildman–Crippen LogP) is 10.6. The molecule has 7 atom stereocenters. The van der Waals surface area contributed by atoms with E-state index in [1.807, 2.05) is 0 Å². The fourth-order valence-electron chi connectivity index (χ4n) is 7.56. The van der Waals surface area contributed by atoms with Gasteiger partial charge in [-0.2, -0.15) is 0 Å². The first kappa shape index (κ1) is 55.2. The van der Waals surface area contributed by atoms with Gasteiger partial charge in [-0.25, -0.2) is 0 Å². The summed E-state index contributed by atoms with van der Waals surface area (Å²) in [5.41, 5.74) is 0. The molecule has 0 radical (unpaired) electrons. The van der Waals surface area contributed by atoms with Crippen LogP contribution in [-0.2, 0) is 14.3 Å². The summed E-state index contributed by atoms with van der Waals surface area (Å²) in [5, 5.41) is 53.6. The second kappa shape index (κ2) is 40.2. The summed E-state index contributed by atoms with van der Waals surface area (Å²) < 4.78 is 11.1. The van der Waals surface area contributed by atoms with Crippen LogP contribution in [0.5, 0.6) is 0 Å². The molecular formula is C50H91NO8. The van der Waals surface area contributed by atoms with Crippen molar-refractivity contribution in [1.29, 1.82) is 0 Å². The monoisotopic (exact) mass is 834 g/mol. The highest BCUT2D eigenvalue weighted by molar-refractivity contribution is 5.76. The summed E-state index contributed by atoms with van der Waals surface area (Å²) in [5.74, 6) is -0.155. The number of hydrogen-bond acceptors (Lipinski definition) is 8. The van der Waals surface area contributed by atoms with Crippen molar-refractivity contribution in [2.45, 2.75) is 249 Å². The van der Waals surface area contributed by atoms with Gasteiger partial charge in [0.1, 0.15) is 24.4 Å². The van der Waals surface area contributed by atoms with Gasteiger partial charge in [0.2, 0.25) is 5.91 Å². The molecule has 9 heteroatoms. The molecule has 0 bridgehead atoms. The van der Waals surface area contributed by atoms with Crippen LogP contribution in [0.3, 0.4) is 0 Å². The molecule has 1 aliphatic rings. The Morgan fingerprint density at radius 2 is 1.05 bits per heavy atom. The highest BCUT2D eigenvalue weighted by atomic mass is 16.7. The maximum absolute atomic E-state index is 12.8. The molecule has 0 aromatic heterocycles. The number of allylic oxidation sites excluding steroid dienone is 8. The van der Waals surface area contributed by atoms with Crippen molar-refractivity contribution < 1.29 is 39.8 Å². The molecule has 1 heterocycles. The lowest BCUT2D eigenvalue weighted by molar-refractivity contribution is -0.302. The van der Waals surface area contributed by atoms with Gasteiger partial charge in [0, 0.05) is 6.42 Å². The van der Waals surface area contributed by atoms with Gasteiger partial charge in [-0.1, -0.05) is 197 Å². The van der Waals surface area contributed by atoms with Crippen molar-refractivity contribution in [2.24, 2.45) is 0 Å². The highest BCUT2D eigenvalue weighted by Gasteiger charge is 2.44. The zero-order valence-electron chi connectivity index (χ0n) is 37.7. The lowest BCUT2D eigenvalue weighted by atomic mass is 9.99. The first-order valence-electron chi connectivity index (χ1n) is 24.3. The van der Waals surface area contributed by atoms with Crippen LogP contribution in [0.1, 0.15) is 206 Å². The van der Waals surface area contributed by atoms with Crippen molar-refractivity contribution in [2.75, 3.05) is 13.2 Å². The topological polar surface area (TPSA) is 149 Å². The third-order valence-electron chi connectivity index (χ3n) is 11.4. The zero-order valence-corrected chi connectivity index (χ0v) is 37.7. The van der Waals surface area contributed by atoms with E-state index in [1.165, 1.54) is 116 Å². The minimum absolute atomic E-state index is 0.142. The van der Waals surface area contributed by atoms with Crippen molar-refractivity contribution in [3.8, 4) is 0 Å². The molecule has 9 nitrogen and oxygen atoms in total. The van der Waals surface area contributed by atoms with Crippen LogP contribution in [-0.4, -0.2) is 87.5 Å². The van der Waals surface area contributed by atoms with E-state index < -0.39 is 49.5 Å². The van der Waals surface area contributed by atoms with Gasteiger partial charge in [-0.3, -0.25) is 4.79 Å². The van der Waals surface area contributed by atoms with Crippen LogP contribution in [0.4, 0.5) is 0 Å². The van der Waals surface area contributed by atoms with E-state index in [1.54, 1.807) is 0 Å². The first-order valence-corrected chi connectivity index (χ1v) is 24.3. The largest absolute Gasteiger partial charge is 0.394 e. The number of carbonyl (C=O) groups excluding carboxylic acids is 1. The molecule has 1 amide bonds. The Morgan fingerprint density at radius 1 is 0.593 bits per heavy atom. The van der Waals surface area contributed by atoms with Gasteiger partial charge in [0.25, 0.3) is 0 Å². The lowest BCUT2D eigenvalue weighted by Gasteiger charge is -2.40. The number of amides is 1. The second-order valence-electron chi connectivity index (χ2n) is 16.9. The fourth-order valence-corrected chi connectivity index (χ4v) is 7.56. The van der Waals surface area contributed by atoms with E-state index in [2.05, 4.69) is 67.8 Å². The molecule has 0 spiro atoms. The maximum Gasteiger partial charge on any atom is 0.220 e. The summed E-state index contributed by atoms with van der Waals surface area (Å²) >= 11 is 0. The van der Waals surface area contributed by atoms with Crippen LogP contribution in [0, 0.1) is 0 Å². The summed E-state index contributed by atoms with van der Waals surface area (Å²) in [6.45, 7) is 3.55. The summed E-state index contributed by atoms with van der Waals surface area (Å²) in [4.78, 5) is 12.8. The normalized spacial score (nSPS) is 21.1. The van der Waals surface area contributed by atoms with Crippen molar-refractivity contribution >= 4 is 5.91 Å². The van der Waals surface area contributed by atoms with E-state index in [4.69, 9.17) is 9.47 Å². The molecule has 1 fully saturated rings. The van der Waals surface area contributed by atoms with E-state index in [-0.39, 0.29) is 12.5 Å². The summed E-state index contributed by atoms with van der Waals surface area (Å²) in [7, 11) is 0. The summed E-state index contributed by atoms with van der Waals surface area (Å²) in [6, 6.07) is -0.713. The molecule has 59 heavy (non-hydrogen) atoms. The predicted molar refractivity (Wildman–Crippen MR) is 244 cm³/mol. The highest BCUT2D eigenvalue weighted by Crippen LogP contribution is 2.23. The number of hydrogen-bond donors (Lipinski definition) is 6.